The number of aryl methyl sites for hydroxylation is 1. The highest BCUT2D eigenvalue weighted by atomic mass is 32.2. The smallest absolute Gasteiger partial charge is 0.123 e. The van der Waals surface area contributed by atoms with E-state index in [1.807, 2.05) is 31.8 Å². The number of thioether (sulfide) groups is 1. The fourth-order valence-corrected chi connectivity index (χ4v) is 2.38. The molecule has 3 heteroatoms. The molecule has 1 unspecified atom stereocenters. The summed E-state index contributed by atoms with van der Waals surface area (Å²) in [5.74, 6) is 1.93. The summed E-state index contributed by atoms with van der Waals surface area (Å²) in [5, 5.41) is 3.22. The molecule has 1 N–H and O–H groups in total. The molecule has 0 heterocycles. The van der Waals surface area contributed by atoms with E-state index in [0.29, 0.717) is 0 Å². The fourth-order valence-electron chi connectivity index (χ4n) is 1.55. The SMILES string of the molecule is CCSCC(NC)c1cc(C)cc(F)c1. The summed E-state index contributed by atoms with van der Waals surface area (Å²) < 4.78 is 13.2. The molecule has 1 nitrogen and oxygen atoms in total. The van der Waals surface area contributed by atoms with E-state index in [-0.39, 0.29) is 11.9 Å². The van der Waals surface area contributed by atoms with Gasteiger partial charge in [0.1, 0.15) is 5.82 Å². The number of hydrogen-bond acceptors (Lipinski definition) is 2. The van der Waals surface area contributed by atoms with E-state index in [0.717, 1.165) is 22.6 Å². The summed E-state index contributed by atoms with van der Waals surface area (Å²) in [5.41, 5.74) is 2.02. The van der Waals surface area contributed by atoms with Crippen molar-refractivity contribution in [2.45, 2.75) is 19.9 Å². The molecule has 1 aromatic rings. The predicted octanol–water partition coefficient (Wildman–Crippen LogP) is 3.15. The van der Waals surface area contributed by atoms with Crippen molar-refractivity contribution >= 4 is 11.8 Å². The maximum atomic E-state index is 13.2. The third-order valence-electron chi connectivity index (χ3n) is 2.30. The highest BCUT2D eigenvalue weighted by molar-refractivity contribution is 7.99. The fraction of sp³-hybridized carbons (Fsp3) is 0.500. The van der Waals surface area contributed by atoms with Crippen LogP contribution in [-0.2, 0) is 0 Å². The Morgan fingerprint density at radius 2 is 2.13 bits per heavy atom. The number of hydrogen-bond donors (Lipinski definition) is 1. The topological polar surface area (TPSA) is 12.0 Å². The molecule has 0 spiro atoms. The standard InChI is InChI=1S/C12H18FNS/c1-4-15-8-12(14-3)10-5-9(2)6-11(13)7-10/h5-7,12,14H,4,8H2,1-3H3. The van der Waals surface area contributed by atoms with E-state index in [1.54, 1.807) is 12.1 Å². The Hall–Kier alpha value is -0.540. The second-order valence-electron chi connectivity index (χ2n) is 3.56. The van der Waals surface area contributed by atoms with Crippen LogP contribution in [0.5, 0.6) is 0 Å². The number of halogens is 1. The molecule has 0 amide bonds. The van der Waals surface area contributed by atoms with E-state index in [1.165, 1.54) is 0 Å². The second-order valence-corrected chi connectivity index (χ2v) is 4.88. The van der Waals surface area contributed by atoms with Crippen molar-refractivity contribution in [2.24, 2.45) is 0 Å². The molecule has 0 bridgehead atoms. The van der Waals surface area contributed by atoms with Crippen molar-refractivity contribution in [3.63, 3.8) is 0 Å². The van der Waals surface area contributed by atoms with Crippen LogP contribution in [0.2, 0.25) is 0 Å². The van der Waals surface area contributed by atoms with E-state index in [2.05, 4.69) is 12.2 Å². The third-order valence-corrected chi connectivity index (χ3v) is 3.28. The maximum absolute atomic E-state index is 13.2. The average Bonchev–Trinajstić information content (AvgIpc) is 2.17. The van der Waals surface area contributed by atoms with Gasteiger partial charge in [0, 0.05) is 11.8 Å². The molecule has 1 atom stereocenters. The van der Waals surface area contributed by atoms with Crippen LogP contribution < -0.4 is 5.32 Å². The van der Waals surface area contributed by atoms with Gasteiger partial charge in [-0.1, -0.05) is 13.0 Å². The van der Waals surface area contributed by atoms with Gasteiger partial charge in [-0.3, -0.25) is 0 Å². The Morgan fingerprint density at radius 3 is 2.67 bits per heavy atom. The van der Waals surface area contributed by atoms with Gasteiger partial charge in [-0.2, -0.15) is 11.8 Å². The van der Waals surface area contributed by atoms with Gasteiger partial charge >= 0.3 is 0 Å². The van der Waals surface area contributed by atoms with Crippen molar-refractivity contribution < 1.29 is 4.39 Å². The summed E-state index contributed by atoms with van der Waals surface area (Å²) in [7, 11) is 1.92. The Balaban J connectivity index is 2.81. The molecule has 84 valence electrons. The van der Waals surface area contributed by atoms with Crippen LogP contribution in [0.25, 0.3) is 0 Å². The van der Waals surface area contributed by atoms with Crippen LogP contribution in [0, 0.1) is 12.7 Å². The van der Waals surface area contributed by atoms with Crippen LogP contribution >= 0.6 is 11.8 Å². The lowest BCUT2D eigenvalue weighted by atomic mass is 10.1. The summed E-state index contributed by atoms with van der Waals surface area (Å²) in [6, 6.07) is 5.46. The van der Waals surface area contributed by atoms with Gasteiger partial charge in [-0.05, 0) is 43.0 Å². The van der Waals surface area contributed by atoms with Gasteiger partial charge in [-0.15, -0.1) is 0 Å². The van der Waals surface area contributed by atoms with Crippen LogP contribution in [0.15, 0.2) is 18.2 Å². The zero-order chi connectivity index (χ0) is 11.3. The molecular formula is C12H18FNS. The van der Waals surface area contributed by atoms with E-state index < -0.39 is 0 Å². The molecule has 1 rings (SSSR count). The summed E-state index contributed by atoms with van der Waals surface area (Å²) >= 11 is 1.86. The first-order valence-corrected chi connectivity index (χ1v) is 6.35. The van der Waals surface area contributed by atoms with Gasteiger partial charge < -0.3 is 5.32 Å². The number of nitrogens with one attached hydrogen (secondary N) is 1. The molecule has 0 saturated heterocycles. The molecule has 0 aliphatic rings. The normalized spacial score (nSPS) is 12.8. The lowest BCUT2D eigenvalue weighted by Gasteiger charge is -2.16. The minimum atomic E-state index is -0.147. The molecule has 0 aromatic heterocycles. The monoisotopic (exact) mass is 227 g/mol. The molecular weight excluding hydrogens is 209 g/mol. The molecule has 0 aliphatic heterocycles. The summed E-state index contributed by atoms with van der Waals surface area (Å²) in [6.07, 6.45) is 0. The molecule has 15 heavy (non-hydrogen) atoms. The van der Waals surface area contributed by atoms with Crippen molar-refractivity contribution in [3.05, 3.63) is 35.1 Å². The Labute approximate surface area is 95.5 Å². The van der Waals surface area contributed by atoms with Crippen LogP contribution in [0.4, 0.5) is 4.39 Å². The van der Waals surface area contributed by atoms with Gasteiger partial charge in [0.05, 0.1) is 0 Å². The minimum Gasteiger partial charge on any atom is -0.312 e. The van der Waals surface area contributed by atoms with Crippen LogP contribution in [0.3, 0.4) is 0 Å². The lowest BCUT2D eigenvalue weighted by Crippen LogP contribution is -2.19. The number of benzene rings is 1. The van der Waals surface area contributed by atoms with E-state index in [4.69, 9.17) is 0 Å². The summed E-state index contributed by atoms with van der Waals surface area (Å²) in [4.78, 5) is 0. The first kappa shape index (κ1) is 12.5. The van der Waals surface area contributed by atoms with Crippen molar-refractivity contribution in [1.82, 2.24) is 5.32 Å². The lowest BCUT2D eigenvalue weighted by molar-refractivity contribution is 0.609. The highest BCUT2D eigenvalue weighted by Gasteiger charge is 2.10. The van der Waals surface area contributed by atoms with Crippen molar-refractivity contribution in [3.8, 4) is 0 Å². The predicted molar refractivity (Wildman–Crippen MR) is 65.9 cm³/mol. The Bertz CT molecular complexity index is 294. The van der Waals surface area contributed by atoms with Crippen molar-refractivity contribution in [1.29, 1.82) is 0 Å². The van der Waals surface area contributed by atoms with Gasteiger partial charge in [-0.25, -0.2) is 4.39 Å². The van der Waals surface area contributed by atoms with Crippen LogP contribution in [-0.4, -0.2) is 18.6 Å². The molecule has 0 aliphatic carbocycles. The average molecular weight is 227 g/mol. The first-order chi connectivity index (χ1) is 7.17. The maximum Gasteiger partial charge on any atom is 0.123 e. The molecule has 0 fully saturated rings. The molecule has 0 radical (unpaired) electrons. The zero-order valence-electron chi connectivity index (χ0n) is 9.51. The Kier molecular flexibility index (Phi) is 5.12. The largest absolute Gasteiger partial charge is 0.312 e. The minimum absolute atomic E-state index is 0.147. The first-order valence-electron chi connectivity index (χ1n) is 5.19. The quantitative estimate of drug-likeness (QED) is 0.829. The van der Waals surface area contributed by atoms with Crippen LogP contribution in [0.1, 0.15) is 24.1 Å². The van der Waals surface area contributed by atoms with Gasteiger partial charge in [0.25, 0.3) is 0 Å². The van der Waals surface area contributed by atoms with Gasteiger partial charge in [0.15, 0.2) is 0 Å². The second kappa shape index (κ2) is 6.13. The summed E-state index contributed by atoms with van der Waals surface area (Å²) in [6.45, 7) is 4.06. The van der Waals surface area contributed by atoms with E-state index >= 15 is 0 Å². The Morgan fingerprint density at radius 1 is 1.40 bits per heavy atom. The van der Waals surface area contributed by atoms with Crippen molar-refractivity contribution in [2.75, 3.05) is 18.6 Å². The van der Waals surface area contributed by atoms with Gasteiger partial charge in [0.2, 0.25) is 0 Å². The molecule has 1 aromatic carbocycles. The van der Waals surface area contributed by atoms with E-state index in [9.17, 15) is 4.39 Å². The molecule has 0 saturated carbocycles. The number of rotatable bonds is 5. The zero-order valence-corrected chi connectivity index (χ0v) is 10.3. The third kappa shape index (κ3) is 3.84. The highest BCUT2D eigenvalue weighted by Crippen LogP contribution is 2.20.